The summed E-state index contributed by atoms with van der Waals surface area (Å²) in [6.07, 6.45) is 2.29. The van der Waals surface area contributed by atoms with Crippen LogP contribution in [0, 0.1) is 0 Å². The molecule has 0 aliphatic carbocycles. The maximum Gasteiger partial charge on any atom is 0.463 e. The molecule has 252 valence electrons. The van der Waals surface area contributed by atoms with Crippen LogP contribution in [0.5, 0.6) is 11.5 Å². The highest BCUT2D eigenvalue weighted by molar-refractivity contribution is 7.42. The summed E-state index contributed by atoms with van der Waals surface area (Å²) < 4.78 is 21.1. The zero-order valence-corrected chi connectivity index (χ0v) is 32.4. The normalized spacial score (nSPS) is 20.0. The van der Waals surface area contributed by atoms with Gasteiger partial charge in [-0.25, -0.2) is 0 Å². The summed E-state index contributed by atoms with van der Waals surface area (Å²) in [7, 11) is -0.00713. The molecule has 0 amide bonds. The molecule has 0 atom stereocenters. The molecule has 1 fully saturated rings. The third-order valence-corrected chi connectivity index (χ3v) is 10.5. The van der Waals surface area contributed by atoms with E-state index in [0.717, 1.165) is 30.8 Å². The molecule has 0 spiro atoms. The topological polar surface area (TPSA) is 40.2 Å². The highest BCUT2D eigenvalue weighted by atomic mass is 31.2. The van der Waals surface area contributed by atoms with Crippen molar-refractivity contribution in [2.45, 2.75) is 169 Å². The lowest BCUT2D eigenvalue weighted by Gasteiger charge is -2.53. The number of benzene rings is 2. The fourth-order valence-electron chi connectivity index (χ4n) is 7.11. The number of nitrogens with zero attached hydrogens (tertiary/aromatic N) is 1. The number of piperidine rings is 1. The summed E-state index contributed by atoms with van der Waals surface area (Å²) in [5.74, 6) is 1.83. The molecule has 0 saturated carbocycles. The standard InChI is InChI=1S/C39H62NO4P/c1-34(2,3)27-19-25-18-26-20-28(35(4,5)6)22-31(37(10,11)12)33(26)44-45(43-32(25)30(21-27)36(7,8)9)42-29-23-38(13,14)40(41-17)39(15,16)24-29/h19-22,29H,18,23-24H2,1-17H3. The van der Waals surface area contributed by atoms with Crippen LogP contribution >= 0.6 is 8.60 Å². The van der Waals surface area contributed by atoms with Crippen molar-refractivity contribution in [2.24, 2.45) is 0 Å². The van der Waals surface area contributed by atoms with Crippen LogP contribution in [-0.2, 0) is 37.4 Å². The fraction of sp³-hybridized carbons (Fsp3) is 0.692. The Bertz CT molecular complexity index is 1300. The van der Waals surface area contributed by atoms with Crippen molar-refractivity contribution in [3.05, 3.63) is 57.6 Å². The van der Waals surface area contributed by atoms with Crippen molar-refractivity contribution >= 4 is 8.60 Å². The molecule has 5 nitrogen and oxygen atoms in total. The van der Waals surface area contributed by atoms with Crippen LogP contribution in [0.15, 0.2) is 24.3 Å². The van der Waals surface area contributed by atoms with Gasteiger partial charge in [-0.15, -0.1) is 0 Å². The van der Waals surface area contributed by atoms with Crippen molar-refractivity contribution in [1.82, 2.24) is 5.06 Å². The lowest BCUT2D eigenvalue weighted by atomic mass is 9.76. The van der Waals surface area contributed by atoms with Crippen LogP contribution in [0.1, 0.15) is 157 Å². The predicted molar refractivity (Wildman–Crippen MR) is 190 cm³/mol. The molecule has 2 aliphatic rings. The van der Waals surface area contributed by atoms with E-state index in [1.54, 1.807) is 7.11 Å². The lowest BCUT2D eigenvalue weighted by molar-refractivity contribution is -0.275. The van der Waals surface area contributed by atoms with E-state index in [2.05, 4.69) is 140 Å². The first kappa shape index (κ1) is 36.2. The number of fused-ring (bicyclic) bond motifs is 2. The quantitative estimate of drug-likeness (QED) is 0.313. The molecule has 1 saturated heterocycles. The van der Waals surface area contributed by atoms with Crippen LogP contribution in [0.25, 0.3) is 0 Å². The minimum Gasteiger partial charge on any atom is -0.417 e. The van der Waals surface area contributed by atoms with Crippen LogP contribution in [0.3, 0.4) is 0 Å². The summed E-state index contributed by atoms with van der Waals surface area (Å²) in [6, 6.07) is 9.45. The van der Waals surface area contributed by atoms with E-state index in [4.69, 9.17) is 18.4 Å². The Kier molecular flexibility index (Phi) is 9.49. The maximum absolute atomic E-state index is 7.05. The van der Waals surface area contributed by atoms with Gasteiger partial charge in [-0.3, -0.25) is 4.52 Å². The van der Waals surface area contributed by atoms with Gasteiger partial charge in [0.1, 0.15) is 11.5 Å². The second-order valence-corrected chi connectivity index (χ2v) is 19.9. The summed E-state index contributed by atoms with van der Waals surface area (Å²) in [5.41, 5.74) is 6.74. The summed E-state index contributed by atoms with van der Waals surface area (Å²) >= 11 is 0. The Morgan fingerprint density at radius 1 is 0.644 bits per heavy atom. The van der Waals surface area contributed by atoms with Gasteiger partial charge >= 0.3 is 8.60 Å². The minimum absolute atomic E-state index is 0.00568. The minimum atomic E-state index is -1.77. The van der Waals surface area contributed by atoms with Gasteiger partial charge in [0.2, 0.25) is 0 Å². The first-order chi connectivity index (χ1) is 20.2. The highest BCUT2D eigenvalue weighted by Crippen LogP contribution is 2.55. The molecule has 2 aliphatic heterocycles. The molecule has 45 heavy (non-hydrogen) atoms. The van der Waals surface area contributed by atoms with Gasteiger partial charge in [0.25, 0.3) is 0 Å². The molecule has 2 aromatic rings. The molecule has 0 unspecified atom stereocenters. The van der Waals surface area contributed by atoms with Crippen molar-refractivity contribution in [3.8, 4) is 11.5 Å². The average Bonchev–Trinajstić information content (AvgIpc) is 2.80. The fourth-order valence-corrected chi connectivity index (χ4v) is 8.36. The van der Waals surface area contributed by atoms with E-state index < -0.39 is 8.60 Å². The largest absolute Gasteiger partial charge is 0.463 e. The molecular weight excluding hydrogens is 577 g/mol. The third kappa shape index (κ3) is 7.75. The van der Waals surface area contributed by atoms with E-state index in [1.807, 2.05) is 0 Å². The van der Waals surface area contributed by atoms with Crippen molar-refractivity contribution in [1.29, 1.82) is 0 Å². The molecule has 2 aromatic carbocycles. The summed E-state index contributed by atoms with van der Waals surface area (Å²) in [6.45, 7) is 36.3. The molecule has 2 heterocycles. The van der Waals surface area contributed by atoms with Crippen molar-refractivity contribution in [2.75, 3.05) is 7.11 Å². The molecule has 0 N–H and O–H groups in total. The van der Waals surface area contributed by atoms with Crippen molar-refractivity contribution < 1.29 is 18.4 Å². The van der Waals surface area contributed by atoms with Gasteiger partial charge in [-0.05, 0) is 84.5 Å². The molecular formula is C39H62NO4P. The second kappa shape index (κ2) is 11.8. The Balaban J connectivity index is 1.96. The van der Waals surface area contributed by atoms with Gasteiger partial charge in [0, 0.05) is 28.6 Å². The van der Waals surface area contributed by atoms with Gasteiger partial charge in [-0.2, -0.15) is 5.06 Å². The SMILES string of the molecule is CON1C(C)(C)CC(OP2Oc3c(cc(C(C)(C)C)cc3C(C)(C)C)Cc3cc(C(C)(C)C)cc(C(C)(C)C)c3O2)CC1(C)C. The van der Waals surface area contributed by atoms with E-state index in [9.17, 15) is 0 Å². The zero-order chi connectivity index (χ0) is 34.1. The Hall–Kier alpha value is -1.65. The molecule has 4 rings (SSSR count). The Labute approximate surface area is 276 Å². The second-order valence-electron chi connectivity index (χ2n) is 18.8. The monoisotopic (exact) mass is 639 g/mol. The first-order valence-electron chi connectivity index (χ1n) is 16.8. The van der Waals surface area contributed by atoms with Crippen LogP contribution < -0.4 is 9.05 Å². The third-order valence-electron chi connectivity index (χ3n) is 9.36. The van der Waals surface area contributed by atoms with Crippen LogP contribution in [0.2, 0.25) is 0 Å². The van der Waals surface area contributed by atoms with Gasteiger partial charge in [0.15, 0.2) is 0 Å². The smallest absolute Gasteiger partial charge is 0.417 e. The number of hydrogen-bond donors (Lipinski definition) is 0. The van der Waals surface area contributed by atoms with E-state index in [1.165, 1.54) is 33.4 Å². The summed E-state index contributed by atoms with van der Waals surface area (Å²) in [5, 5.41) is 2.12. The van der Waals surface area contributed by atoms with Gasteiger partial charge in [-0.1, -0.05) is 107 Å². The predicted octanol–water partition coefficient (Wildman–Crippen LogP) is 11.1. The molecule has 6 heteroatoms. The van der Waals surface area contributed by atoms with Crippen LogP contribution in [0.4, 0.5) is 0 Å². The number of rotatable bonds is 3. The van der Waals surface area contributed by atoms with Crippen LogP contribution in [-0.4, -0.2) is 29.4 Å². The van der Waals surface area contributed by atoms with E-state index in [-0.39, 0.29) is 38.8 Å². The van der Waals surface area contributed by atoms with Crippen molar-refractivity contribution in [3.63, 3.8) is 0 Å². The number of hydrogen-bond acceptors (Lipinski definition) is 5. The molecule has 0 radical (unpaired) electrons. The average molecular weight is 640 g/mol. The van der Waals surface area contributed by atoms with Gasteiger partial charge in [0.05, 0.1) is 13.2 Å². The molecule has 0 aromatic heterocycles. The van der Waals surface area contributed by atoms with Gasteiger partial charge < -0.3 is 13.9 Å². The Morgan fingerprint density at radius 3 is 1.33 bits per heavy atom. The zero-order valence-electron chi connectivity index (χ0n) is 31.5. The van der Waals surface area contributed by atoms with E-state index in [0.29, 0.717) is 0 Å². The Morgan fingerprint density at radius 2 is 1.02 bits per heavy atom. The summed E-state index contributed by atoms with van der Waals surface area (Å²) in [4.78, 5) is 5.89. The first-order valence-corrected chi connectivity index (χ1v) is 17.9. The van der Waals surface area contributed by atoms with E-state index >= 15 is 0 Å². The highest BCUT2D eigenvalue weighted by Gasteiger charge is 2.48. The maximum atomic E-state index is 7.05. The number of hydroxylamine groups is 2. The molecule has 0 bridgehead atoms. The lowest BCUT2D eigenvalue weighted by Crippen LogP contribution is -2.61.